The molecular formula is C11H21NO4Si. The molecule has 0 saturated carbocycles. The first-order valence-corrected chi connectivity index (χ1v) is 9.67. The molecular weight excluding hydrogens is 238 g/mol. The first-order chi connectivity index (χ1) is 7.79. The second-order valence-corrected chi connectivity index (χ2v) is 11.3. The van der Waals surface area contributed by atoms with Crippen molar-refractivity contribution in [1.29, 1.82) is 0 Å². The van der Waals surface area contributed by atoms with Crippen molar-refractivity contribution in [3.05, 3.63) is 0 Å². The molecule has 0 aromatic rings. The van der Waals surface area contributed by atoms with Crippen LogP contribution in [-0.2, 0) is 14.3 Å². The van der Waals surface area contributed by atoms with Crippen LogP contribution < -0.4 is 0 Å². The van der Waals surface area contributed by atoms with E-state index in [4.69, 9.17) is 9.94 Å². The predicted molar refractivity (Wildman–Crippen MR) is 65.4 cm³/mol. The van der Waals surface area contributed by atoms with Crippen molar-refractivity contribution < 1.29 is 19.5 Å². The summed E-state index contributed by atoms with van der Waals surface area (Å²) in [5.74, 6) is -0.516. The van der Waals surface area contributed by atoms with Crippen LogP contribution >= 0.6 is 0 Å². The Morgan fingerprint density at radius 1 is 1.53 bits per heavy atom. The maximum absolute atomic E-state index is 11.4. The van der Waals surface area contributed by atoms with Crippen LogP contribution in [-0.4, -0.2) is 42.9 Å². The molecule has 0 bridgehead atoms. The summed E-state index contributed by atoms with van der Waals surface area (Å²) < 4.78 is 5.11. The van der Waals surface area contributed by atoms with E-state index in [2.05, 4.69) is 19.6 Å². The number of amides is 1. The molecule has 0 aromatic carbocycles. The minimum absolute atomic E-state index is 0.202. The molecule has 1 unspecified atom stereocenters. The van der Waals surface area contributed by atoms with Crippen LogP contribution in [0.4, 0.5) is 0 Å². The number of hydrogen-bond donors (Lipinski definition) is 1. The Balaban J connectivity index is 2.08. The monoisotopic (exact) mass is 259 g/mol. The van der Waals surface area contributed by atoms with Gasteiger partial charge in [-0.2, -0.15) is 0 Å². The van der Waals surface area contributed by atoms with Gasteiger partial charge in [-0.05, 0) is 12.5 Å². The zero-order chi connectivity index (χ0) is 13.1. The first kappa shape index (κ1) is 14.2. The summed E-state index contributed by atoms with van der Waals surface area (Å²) in [5, 5.41) is 9.81. The summed E-state index contributed by atoms with van der Waals surface area (Å²) in [6.07, 6.45) is 1.08. The molecule has 1 fully saturated rings. The smallest absolute Gasteiger partial charge is 0.305 e. The lowest BCUT2D eigenvalue weighted by Gasteiger charge is -2.34. The van der Waals surface area contributed by atoms with Gasteiger partial charge in [0, 0.05) is 14.5 Å². The minimum atomic E-state index is -1.15. The van der Waals surface area contributed by atoms with Crippen molar-refractivity contribution in [3.63, 3.8) is 0 Å². The number of β-lactam (4-membered cyclic amide) rings is 1. The highest BCUT2D eigenvalue weighted by Crippen LogP contribution is 2.20. The Kier molecular flexibility index (Phi) is 4.70. The summed E-state index contributed by atoms with van der Waals surface area (Å²) in [6.45, 7) is 7.17. The molecule has 0 spiro atoms. The summed E-state index contributed by atoms with van der Waals surface area (Å²) in [4.78, 5) is 22.1. The van der Waals surface area contributed by atoms with Crippen LogP contribution in [0.25, 0.3) is 0 Å². The van der Waals surface area contributed by atoms with E-state index >= 15 is 0 Å². The Bertz CT molecular complexity index is 300. The van der Waals surface area contributed by atoms with Gasteiger partial charge in [0.25, 0.3) is 0 Å². The molecule has 5 nitrogen and oxygen atoms in total. The number of hydroxylamine groups is 2. The van der Waals surface area contributed by atoms with Crippen LogP contribution in [0.15, 0.2) is 0 Å². The molecule has 1 aliphatic heterocycles. The zero-order valence-corrected chi connectivity index (χ0v) is 11.7. The molecule has 0 aliphatic carbocycles. The fourth-order valence-corrected chi connectivity index (χ4v) is 2.24. The number of carbonyl (C=O) groups excluding carboxylic acids is 2. The van der Waals surface area contributed by atoms with E-state index in [1.165, 1.54) is 0 Å². The SMILES string of the molecule is C[Si](C)(C)CCOC(=O)CCC1CC(=O)N1O. The van der Waals surface area contributed by atoms with Crippen molar-refractivity contribution in [2.75, 3.05) is 6.61 Å². The predicted octanol–water partition coefficient (Wildman–Crippen LogP) is 1.64. The van der Waals surface area contributed by atoms with Crippen molar-refractivity contribution >= 4 is 20.0 Å². The Labute approximate surface area is 103 Å². The average molecular weight is 259 g/mol. The van der Waals surface area contributed by atoms with Crippen LogP contribution in [0.1, 0.15) is 19.3 Å². The van der Waals surface area contributed by atoms with Crippen molar-refractivity contribution in [2.24, 2.45) is 0 Å². The maximum Gasteiger partial charge on any atom is 0.305 e. The number of hydrogen-bond acceptors (Lipinski definition) is 4. The Hall–Kier alpha value is -0.883. The number of ether oxygens (including phenoxy) is 1. The lowest BCUT2D eigenvalue weighted by Crippen LogP contribution is -2.50. The third kappa shape index (κ3) is 4.87. The van der Waals surface area contributed by atoms with E-state index in [0.29, 0.717) is 24.5 Å². The van der Waals surface area contributed by atoms with Gasteiger partial charge in [-0.15, -0.1) is 0 Å². The van der Waals surface area contributed by atoms with Gasteiger partial charge in [0.1, 0.15) is 0 Å². The van der Waals surface area contributed by atoms with Crippen LogP contribution in [0.5, 0.6) is 0 Å². The Morgan fingerprint density at radius 2 is 2.18 bits per heavy atom. The molecule has 1 amide bonds. The van der Waals surface area contributed by atoms with Gasteiger partial charge in [0.2, 0.25) is 5.91 Å². The van der Waals surface area contributed by atoms with E-state index in [1.807, 2.05) is 0 Å². The maximum atomic E-state index is 11.4. The molecule has 0 radical (unpaired) electrons. The molecule has 6 heteroatoms. The van der Waals surface area contributed by atoms with E-state index in [0.717, 1.165) is 6.04 Å². The van der Waals surface area contributed by atoms with Crippen molar-refractivity contribution in [1.82, 2.24) is 5.06 Å². The van der Waals surface area contributed by atoms with Crippen molar-refractivity contribution in [2.45, 2.75) is 51.0 Å². The van der Waals surface area contributed by atoms with Gasteiger partial charge in [-0.1, -0.05) is 19.6 Å². The number of esters is 1. The van der Waals surface area contributed by atoms with Gasteiger partial charge in [0.05, 0.1) is 19.1 Å². The molecule has 0 aromatic heterocycles. The van der Waals surface area contributed by atoms with Crippen LogP contribution in [0.2, 0.25) is 25.7 Å². The highest BCUT2D eigenvalue weighted by atomic mass is 28.3. The second kappa shape index (κ2) is 5.64. The molecule has 1 heterocycles. The normalized spacial score (nSPS) is 20.1. The molecule has 1 N–H and O–H groups in total. The first-order valence-electron chi connectivity index (χ1n) is 5.96. The summed E-state index contributed by atoms with van der Waals surface area (Å²) in [6, 6.07) is 0.763. The van der Waals surface area contributed by atoms with Gasteiger partial charge in [-0.25, -0.2) is 5.06 Å². The standard InChI is InChI=1S/C11H21NO4Si/c1-17(2,3)7-6-16-11(14)5-4-9-8-10(13)12(9)15/h9,15H,4-8H2,1-3H3. The molecule has 17 heavy (non-hydrogen) atoms. The van der Waals surface area contributed by atoms with Gasteiger partial charge >= 0.3 is 5.97 Å². The molecule has 1 saturated heterocycles. The largest absolute Gasteiger partial charge is 0.466 e. The van der Waals surface area contributed by atoms with E-state index in [-0.39, 0.29) is 24.3 Å². The highest BCUT2D eigenvalue weighted by molar-refractivity contribution is 6.76. The van der Waals surface area contributed by atoms with Crippen LogP contribution in [0, 0.1) is 0 Å². The Morgan fingerprint density at radius 3 is 2.65 bits per heavy atom. The highest BCUT2D eigenvalue weighted by Gasteiger charge is 2.35. The van der Waals surface area contributed by atoms with E-state index in [9.17, 15) is 9.59 Å². The van der Waals surface area contributed by atoms with E-state index < -0.39 is 8.07 Å². The zero-order valence-electron chi connectivity index (χ0n) is 10.7. The lowest BCUT2D eigenvalue weighted by molar-refractivity contribution is -0.203. The fraction of sp³-hybridized carbons (Fsp3) is 0.818. The van der Waals surface area contributed by atoms with Gasteiger partial charge in [0.15, 0.2) is 0 Å². The van der Waals surface area contributed by atoms with Gasteiger partial charge in [-0.3, -0.25) is 14.8 Å². The fourth-order valence-electron chi connectivity index (χ4n) is 1.52. The average Bonchev–Trinajstić information content (AvgIpc) is 2.21. The number of carbonyl (C=O) groups is 2. The summed E-state index contributed by atoms with van der Waals surface area (Å²) in [5.41, 5.74) is 0. The lowest BCUT2D eigenvalue weighted by atomic mass is 10.0. The van der Waals surface area contributed by atoms with E-state index in [1.54, 1.807) is 0 Å². The molecule has 1 rings (SSSR count). The number of nitrogens with zero attached hydrogens (tertiary/aromatic N) is 1. The van der Waals surface area contributed by atoms with Crippen LogP contribution in [0.3, 0.4) is 0 Å². The third-order valence-electron chi connectivity index (χ3n) is 2.81. The second-order valence-electron chi connectivity index (χ2n) is 5.67. The number of rotatable bonds is 6. The van der Waals surface area contributed by atoms with Gasteiger partial charge < -0.3 is 4.74 Å². The molecule has 1 atom stereocenters. The van der Waals surface area contributed by atoms with Crippen molar-refractivity contribution in [3.8, 4) is 0 Å². The molecule has 98 valence electrons. The minimum Gasteiger partial charge on any atom is -0.466 e. The summed E-state index contributed by atoms with van der Waals surface area (Å²) in [7, 11) is -1.15. The third-order valence-corrected chi connectivity index (χ3v) is 4.51. The summed E-state index contributed by atoms with van der Waals surface area (Å²) >= 11 is 0. The topological polar surface area (TPSA) is 66.8 Å². The quantitative estimate of drug-likeness (QED) is 0.341. The molecule has 1 aliphatic rings.